The van der Waals surface area contributed by atoms with E-state index < -0.39 is 0 Å². The fourth-order valence-corrected chi connectivity index (χ4v) is 4.33. The van der Waals surface area contributed by atoms with Crippen molar-refractivity contribution in [3.8, 4) is 0 Å². The summed E-state index contributed by atoms with van der Waals surface area (Å²) < 4.78 is 0. The molecule has 3 saturated heterocycles. The first-order chi connectivity index (χ1) is 7.16. The van der Waals surface area contributed by atoms with Crippen molar-refractivity contribution in [2.45, 2.75) is 82.0 Å². The molecule has 3 rings (SSSR count). The van der Waals surface area contributed by atoms with E-state index in [9.17, 15) is 5.11 Å². The quantitative estimate of drug-likeness (QED) is 0.662. The Kier molecular flexibility index (Phi) is 2.33. The standard InChI is InChI=1S/C13H23NO/c1-13(15)8-11-6-2-4-10-5-3-7-12(9-13)14(10)11/h10-12,15H,2-9H2,1H3/t10?,11-,12-,13?/m0/s1. The third-order valence-corrected chi connectivity index (χ3v) is 4.77. The van der Waals surface area contributed by atoms with Crippen LogP contribution in [0.1, 0.15) is 58.3 Å². The summed E-state index contributed by atoms with van der Waals surface area (Å²) in [5.41, 5.74) is -0.384. The molecule has 0 unspecified atom stereocenters. The molecular weight excluding hydrogens is 186 g/mol. The van der Waals surface area contributed by atoms with E-state index in [1.165, 1.54) is 38.5 Å². The number of hydrogen-bond donors (Lipinski definition) is 1. The molecule has 3 fully saturated rings. The average molecular weight is 209 g/mol. The van der Waals surface area contributed by atoms with Gasteiger partial charge in [0.25, 0.3) is 0 Å². The topological polar surface area (TPSA) is 23.5 Å². The fraction of sp³-hybridized carbons (Fsp3) is 1.00. The molecule has 2 heteroatoms. The zero-order valence-electron chi connectivity index (χ0n) is 9.78. The Morgan fingerprint density at radius 2 is 1.40 bits per heavy atom. The van der Waals surface area contributed by atoms with Crippen molar-refractivity contribution in [3.63, 3.8) is 0 Å². The molecule has 2 nitrogen and oxygen atoms in total. The lowest BCUT2D eigenvalue weighted by molar-refractivity contribution is -0.108. The van der Waals surface area contributed by atoms with Crippen LogP contribution in [0.2, 0.25) is 0 Å². The van der Waals surface area contributed by atoms with E-state index in [2.05, 4.69) is 4.90 Å². The predicted octanol–water partition coefficient (Wildman–Crippen LogP) is 2.31. The first-order valence-corrected chi connectivity index (χ1v) is 6.65. The Balaban J connectivity index is 1.84. The number of hydrogen-bond acceptors (Lipinski definition) is 2. The second kappa shape index (κ2) is 3.46. The van der Waals surface area contributed by atoms with Crippen LogP contribution >= 0.6 is 0 Å². The molecule has 0 spiro atoms. The van der Waals surface area contributed by atoms with Crippen molar-refractivity contribution in [3.05, 3.63) is 0 Å². The van der Waals surface area contributed by atoms with E-state index in [1.54, 1.807) is 0 Å². The van der Waals surface area contributed by atoms with Gasteiger partial charge in [-0.2, -0.15) is 0 Å². The van der Waals surface area contributed by atoms with Crippen molar-refractivity contribution >= 4 is 0 Å². The van der Waals surface area contributed by atoms with E-state index in [-0.39, 0.29) is 5.60 Å². The summed E-state index contributed by atoms with van der Waals surface area (Å²) >= 11 is 0. The normalized spacial score (nSPS) is 51.2. The summed E-state index contributed by atoms with van der Waals surface area (Å²) in [7, 11) is 0. The highest BCUT2D eigenvalue weighted by molar-refractivity contribution is 5.01. The van der Waals surface area contributed by atoms with Crippen LogP contribution in [-0.2, 0) is 0 Å². The zero-order chi connectivity index (χ0) is 10.5. The van der Waals surface area contributed by atoms with Crippen molar-refractivity contribution in [1.82, 2.24) is 4.90 Å². The summed E-state index contributed by atoms with van der Waals surface area (Å²) in [5.74, 6) is 0. The van der Waals surface area contributed by atoms with Crippen molar-refractivity contribution in [2.75, 3.05) is 0 Å². The molecule has 0 aromatic heterocycles. The average Bonchev–Trinajstić information content (AvgIpc) is 2.16. The van der Waals surface area contributed by atoms with Gasteiger partial charge in [0.2, 0.25) is 0 Å². The minimum Gasteiger partial charge on any atom is -0.390 e. The van der Waals surface area contributed by atoms with E-state index in [1.807, 2.05) is 6.92 Å². The van der Waals surface area contributed by atoms with Crippen LogP contribution in [-0.4, -0.2) is 33.7 Å². The zero-order valence-corrected chi connectivity index (χ0v) is 9.78. The third kappa shape index (κ3) is 1.72. The Hall–Kier alpha value is -0.0800. The van der Waals surface area contributed by atoms with Crippen molar-refractivity contribution < 1.29 is 5.11 Å². The maximum absolute atomic E-state index is 10.3. The van der Waals surface area contributed by atoms with Crippen molar-refractivity contribution in [2.24, 2.45) is 0 Å². The highest BCUT2D eigenvalue weighted by Gasteiger charge is 2.46. The summed E-state index contributed by atoms with van der Waals surface area (Å²) in [6, 6.07) is 2.24. The fourth-order valence-electron chi connectivity index (χ4n) is 4.33. The second-order valence-electron chi connectivity index (χ2n) is 6.18. The lowest BCUT2D eigenvalue weighted by Gasteiger charge is -2.56. The molecule has 3 heterocycles. The van der Waals surface area contributed by atoms with Gasteiger partial charge in [0, 0.05) is 18.1 Å². The second-order valence-corrected chi connectivity index (χ2v) is 6.18. The lowest BCUT2D eigenvalue weighted by atomic mass is 9.74. The SMILES string of the molecule is CC1(O)C[C@@H]2CCCC3CCC[C@@H](C1)N32. The lowest BCUT2D eigenvalue weighted by Crippen LogP contribution is -2.61. The van der Waals surface area contributed by atoms with E-state index in [0.717, 1.165) is 18.9 Å². The van der Waals surface area contributed by atoms with Crippen LogP contribution < -0.4 is 0 Å². The van der Waals surface area contributed by atoms with Crippen LogP contribution in [0.3, 0.4) is 0 Å². The Labute approximate surface area is 92.7 Å². The Bertz CT molecular complexity index is 229. The highest BCUT2D eigenvalue weighted by Crippen LogP contribution is 2.43. The van der Waals surface area contributed by atoms with Crippen LogP contribution in [0.25, 0.3) is 0 Å². The van der Waals surface area contributed by atoms with Gasteiger partial charge in [-0.1, -0.05) is 12.8 Å². The maximum atomic E-state index is 10.3. The largest absolute Gasteiger partial charge is 0.390 e. The van der Waals surface area contributed by atoms with Gasteiger partial charge >= 0.3 is 0 Å². The summed E-state index contributed by atoms with van der Waals surface area (Å²) in [6.07, 6.45) is 10.3. The van der Waals surface area contributed by atoms with Gasteiger partial charge in [-0.3, -0.25) is 4.90 Å². The molecule has 0 aromatic carbocycles. The molecule has 0 radical (unpaired) electrons. The molecule has 0 aliphatic carbocycles. The minimum atomic E-state index is -0.384. The summed E-state index contributed by atoms with van der Waals surface area (Å²) in [6.45, 7) is 2.04. The van der Waals surface area contributed by atoms with Crippen LogP contribution in [0.15, 0.2) is 0 Å². The molecule has 15 heavy (non-hydrogen) atoms. The smallest absolute Gasteiger partial charge is 0.0649 e. The van der Waals surface area contributed by atoms with Crippen LogP contribution in [0.4, 0.5) is 0 Å². The molecule has 1 N–H and O–H groups in total. The van der Waals surface area contributed by atoms with Crippen LogP contribution in [0, 0.1) is 0 Å². The number of rotatable bonds is 0. The number of nitrogens with zero attached hydrogens (tertiary/aromatic N) is 1. The van der Waals surface area contributed by atoms with Crippen molar-refractivity contribution in [1.29, 1.82) is 0 Å². The molecule has 0 aromatic rings. The Morgan fingerprint density at radius 1 is 0.933 bits per heavy atom. The summed E-state index contributed by atoms with van der Waals surface area (Å²) in [5, 5.41) is 10.3. The van der Waals surface area contributed by atoms with Gasteiger partial charge < -0.3 is 5.11 Å². The third-order valence-electron chi connectivity index (χ3n) is 4.77. The number of aliphatic hydroxyl groups is 1. The molecule has 3 aliphatic heterocycles. The molecule has 3 aliphatic rings. The molecule has 0 saturated carbocycles. The first kappa shape index (κ1) is 10.1. The molecule has 86 valence electrons. The van der Waals surface area contributed by atoms with E-state index in [4.69, 9.17) is 0 Å². The van der Waals surface area contributed by atoms with Gasteiger partial charge in [0.05, 0.1) is 5.60 Å². The summed E-state index contributed by atoms with van der Waals surface area (Å²) in [4.78, 5) is 2.78. The molecule has 0 bridgehead atoms. The van der Waals surface area contributed by atoms with Gasteiger partial charge in [0.1, 0.15) is 0 Å². The predicted molar refractivity (Wildman–Crippen MR) is 60.8 cm³/mol. The molecule has 2 atom stereocenters. The van der Waals surface area contributed by atoms with E-state index >= 15 is 0 Å². The van der Waals surface area contributed by atoms with Gasteiger partial charge in [0.15, 0.2) is 0 Å². The maximum Gasteiger partial charge on any atom is 0.0649 e. The number of piperidine rings is 3. The molecule has 0 amide bonds. The van der Waals surface area contributed by atoms with E-state index in [0.29, 0.717) is 12.1 Å². The minimum absolute atomic E-state index is 0.384. The van der Waals surface area contributed by atoms with Gasteiger partial charge in [-0.25, -0.2) is 0 Å². The van der Waals surface area contributed by atoms with Gasteiger partial charge in [-0.05, 0) is 45.4 Å². The monoisotopic (exact) mass is 209 g/mol. The first-order valence-electron chi connectivity index (χ1n) is 6.65. The highest BCUT2D eigenvalue weighted by atomic mass is 16.3. The Morgan fingerprint density at radius 3 is 1.93 bits per heavy atom. The van der Waals surface area contributed by atoms with Gasteiger partial charge in [-0.15, -0.1) is 0 Å². The molecular formula is C13H23NO. The van der Waals surface area contributed by atoms with Crippen LogP contribution in [0.5, 0.6) is 0 Å².